The molecule has 2 N–H and O–H groups in total. The maximum atomic E-state index is 11.6. The highest BCUT2D eigenvalue weighted by Crippen LogP contribution is 2.51. The Labute approximate surface area is 155 Å². The number of amides is 1. The molecule has 25 heavy (non-hydrogen) atoms. The predicted octanol–water partition coefficient (Wildman–Crippen LogP) is 2.59. The number of carbonyl (C=O) groups excluding carboxylic acids is 1. The molecule has 4 rings (SSSR count). The van der Waals surface area contributed by atoms with Crippen LogP contribution in [0.15, 0.2) is 18.5 Å². The molecule has 2 heterocycles. The number of fused-ring (bicyclic) bond motifs is 2. The number of ether oxygens (including phenoxy) is 1. The zero-order valence-electron chi connectivity index (χ0n) is 14.8. The second-order valence-electron chi connectivity index (χ2n) is 7.81. The van der Waals surface area contributed by atoms with Crippen LogP contribution in [0.5, 0.6) is 0 Å². The molecule has 3 atom stereocenters. The molecule has 3 aliphatic rings. The van der Waals surface area contributed by atoms with Crippen molar-refractivity contribution in [2.24, 2.45) is 23.5 Å². The molecule has 2 aliphatic carbocycles. The summed E-state index contributed by atoms with van der Waals surface area (Å²) in [4.78, 5) is 18.5. The smallest absolute Gasteiger partial charge is 0.250 e. The lowest BCUT2D eigenvalue weighted by Gasteiger charge is -2.55. The van der Waals surface area contributed by atoms with Gasteiger partial charge in [-0.1, -0.05) is 6.42 Å². The van der Waals surface area contributed by atoms with Gasteiger partial charge in [-0.3, -0.25) is 9.78 Å². The zero-order chi connectivity index (χ0) is 16.7. The number of rotatable bonds is 5. The Morgan fingerprint density at radius 1 is 1.28 bits per heavy atom. The van der Waals surface area contributed by atoms with Crippen LogP contribution in [0.25, 0.3) is 0 Å². The van der Waals surface area contributed by atoms with Crippen LogP contribution in [0.3, 0.4) is 0 Å². The Kier molecular flexibility index (Phi) is 5.37. The maximum Gasteiger partial charge on any atom is 0.250 e. The van der Waals surface area contributed by atoms with Crippen LogP contribution >= 0.6 is 12.4 Å². The molecular weight excluding hydrogens is 338 g/mol. The average Bonchev–Trinajstić information content (AvgIpc) is 3.38. The highest BCUT2D eigenvalue weighted by atomic mass is 35.5. The van der Waals surface area contributed by atoms with Gasteiger partial charge in [-0.15, -0.1) is 12.4 Å². The van der Waals surface area contributed by atoms with E-state index in [2.05, 4.69) is 9.88 Å². The van der Waals surface area contributed by atoms with E-state index in [9.17, 15) is 4.79 Å². The number of nitrogens with zero attached hydrogens (tertiary/aromatic N) is 2. The first-order valence-electron chi connectivity index (χ1n) is 9.16. The number of primary amides is 1. The van der Waals surface area contributed by atoms with Crippen molar-refractivity contribution in [2.45, 2.75) is 37.7 Å². The highest BCUT2D eigenvalue weighted by Gasteiger charge is 2.53. The number of aromatic nitrogens is 1. The first-order valence-corrected chi connectivity index (χ1v) is 9.16. The van der Waals surface area contributed by atoms with E-state index in [-0.39, 0.29) is 18.0 Å². The fourth-order valence-corrected chi connectivity index (χ4v) is 5.05. The normalized spacial score (nSPS) is 32.0. The Balaban J connectivity index is 0.00000182. The maximum absolute atomic E-state index is 11.6. The largest absolute Gasteiger partial charge is 0.373 e. The summed E-state index contributed by atoms with van der Waals surface area (Å²) in [7, 11) is 1.82. The summed E-state index contributed by atoms with van der Waals surface area (Å²) in [5.41, 5.74) is 6.65. The molecule has 1 aromatic heterocycles. The first-order chi connectivity index (χ1) is 11.6. The van der Waals surface area contributed by atoms with Crippen molar-refractivity contribution in [3.05, 3.63) is 29.6 Å². The molecule has 1 amide bonds. The van der Waals surface area contributed by atoms with E-state index in [0.717, 1.165) is 24.6 Å². The minimum absolute atomic E-state index is 0. The minimum Gasteiger partial charge on any atom is -0.373 e. The second kappa shape index (κ2) is 7.22. The summed E-state index contributed by atoms with van der Waals surface area (Å²) in [6.45, 7) is 3.41. The van der Waals surface area contributed by atoms with Crippen LogP contribution in [-0.4, -0.2) is 42.5 Å². The molecule has 1 aliphatic heterocycles. The van der Waals surface area contributed by atoms with Crippen LogP contribution in [0.2, 0.25) is 0 Å². The van der Waals surface area contributed by atoms with Gasteiger partial charge in [0.2, 0.25) is 5.91 Å². The molecule has 1 unspecified atom stereocenters. The van der Waals surface area contributed by atoms with Crippen LogP contribution < -0.4 is 5.73 Å². The van der Waals surface area contributed by atoms with E-state index >= 15 is 0 Å². The monoisotopic (exact) mass is 365 g/mol. The summed E-state index contributed by atoms with van der Waals surface area (Å²) in [5, 5.41) is 0. The van der Waals surface area contributed by atoms with Gasteiger partial charge in [0.25, 0.3) is 0 Å². The van der Waals surface area contributed by atoms with Gasteiger partial charge in [0, 0.05) is 56.5 Å². The molecule has 5 nitrogen and oxygen atoms in total. The zero-order valence-corrected chi connectivity index (χ0v) is 15.6. The number of piperidine rings is 1. The third kappa shape index (κ3) is 3.29. The Morgan fingerprint density at radius 2 is 1.96 bits per heavy atom. The summed E-state index contributed by atoms with van der Waals surface area (Å²) in [6, 6.07) is 1.90. The molecule has 3 fully saturated rings. The van der Waals surface area contributed by atoms with Crippen molar-refractivity contribution in [3.63, 3.8) is 0 Å². The van der Waals surface area contributed by atoms with Crippen LogP contribution in [0.1, 0.15) is 48.0 Å². The Bertz CT molecular complexity index is 621. The molecule has 2 saturated carbocycles. The van der Waals surface area contributed by atoms with Gasteiger partial charge in [0.05, 0.1) is 5.56 Å². The SMILES string of the molecule is COC1(c2cncc(C(N)=O)c2)[C@@H]2CCC[C@H]1CN(CC1CC1)C2.Cl. The summed E-state index contributed by atoms with van der Waals surface area (Å²) >= 11 is 0. The van der Waals surface area contributed by atoms with Gasteiger partial charge in [0.15, 0.2) is 0 Å². The third-order valence-electron chi connectivity index (χ3n) is 6.30. The van der Waals surface area contributed by atoms with E-state index in [1.54, 1.807) is 6.20 Å². The number of hydrogen-bond donors (Lipinski definition) is 1. The van der Waals surface area contributed by atoms with Crippen molar-refractivity contribution in [2.75, 3.05) is 26.7 Å². The third-order valence-corrected chi connectivity index (χ3v) is 6.30. The fourth-order valence-electron chi connectivity index (χ4n) is 5.05. The molecule has 0 spiro atoms. The lowest BCUT2D eigenvalue weighted by Crippen LogP contribution is -2.59. The number of halogens is 1. The van der Waals surface area contributed by atoms with Gasteiger partial charge in [-0.2, -0.15) is 0 Å². The number of hydrogen-bond acceptors (Lipinski definition) is 4. The Hall–Kier alpha value is -1.17. The van der Waals surface area contributed by atoms with Crippen molar-refractivity contribution in [1.29, 1.82) is 0 Å². The fraction of sp³-hybridized carbons (Fsp3) is 0.684. The molecule has 138 valence electrons. The topological polar surface area (TPSA) is 68.5 Å². The van der Waals surface area contributed by atoms with E-state index in [1.807, 2.05) is 19.4 Å². The molecule has 0 radical (unpaired) electrons. The lowest BCUT2D eigenvalue weighted by molar-refractivity contribution is -0.169. The summed E-state index contributed by atoms with van der Waals surface area (Å²) in [5.74, 6) is 1.41. The van der Waals surface area contributed by atoms with Gasteiger partial charge >= 0.3 is 0 Å². The second-order valence-corrected chi connectivity index (χ2v) is 7.81. The van der Waals surface area contributed by atoms with E-state index in [4.69, 9.17) is 10.5 Å². The number of carbonyl (C=O) groups is 1. The molecular formula is C19H28ClN3O2. The lowest BCUT2D eigenvalue weighted by atomic mass is 9.62. The van der Waals surface area contributed by atoms with Crippen molar-refractivity contribution >= 4 is 18.3 Å². The van der Waals surface area contributed by atoms with Gasteiger partial charge < -0.3 is 15.4 Å². The average molecular weight is 366 g/mol. The van der Waals surface area contributed by atoms with Gasteiger partial charge in [-0.25, -0.2) is 0 Å². The number of pyridine rings is 1. The molecule has 6 heteroatoms. The van der Waals surface area contributed by atoms with Gasteiger partial charge in [-0.05, 0) is 37.7 Å². The molecule has 1 aromatic rings. The molecule has 0 aromatic carbocycles. The number of nitrogens with two attached hydrogens (primary N) is 1. The van der Waals surface area contributed by atoms with Crippen molar-refractivity contribution in [1.82, 2.24) is 9.88 Å². The van der Waals surface area contributed by atoms with Crippen molar-refractivity contribution < 1.29 is 9.53 Å². The first kappa shape index (κ1) is 18.6. The predicted molar refractivity (Wildman–Crippen MR) is 98.7 cm³/mol. The molecule has 1 saturated heterocycles. The quantitative estimate of drug-likeness (QED) is 0.870. The molecule has 2 bridgehead atoms. The van der Waals surface area contributed by atoms with E-state index < -0.39 is 5.91 Å². The van der Waals surface area contributed by atoms with Crippen LogP contribution in [0, 0.1) is 17.8 Å². The van der Waals surface area contributed by atoms with E-state index in [0.29, 0.717) is 17.4 Å². The van der Waals surface area contributed by atoms with Crippen LogP contribution in [-0.2, 0) is 10.3 Å². The standard InChI is InChI=1S/C19H27N3O2.ClH/c1-24-19(17-7-14(18(20)23)8-21-9-17)15-3-2-4-16(19)12-22(11-15)10-13-5-6-13;/h7-9,13,15-16H,2-6,10-12H2,1H3,(H2,20,23);1H/t15-,16+,19?;. The Morgan fingerprint density at radius 3 is 2.52 bits per heavy atom. The number of methoxy groups -OCH3 is 1. The van der Waals surface area contributed by atoms with Crippen LogP contribution in [0.4, 0.5) is 0 Å². The summed E-state index contributed by atoms with van der Waals surface area (Å²) < 4.78 is 6.22. The minimum atomic E-state index is -0.424. The van der Waals surface area contributed by atoms with Gasteiger partial charge in [0.1, 0.15) is 5.60 Å². The van der Waals surface area contributed by atoms with E-state index in [1.165, 1.54) is 38.6 Å². The number of likely N-dealkylation sites (tertiary alicyclic amines) is 1. The highest BCUT2D eigenvalue weighted by molar-refractivity contribution is 5.92. The van der Waals surface area contributed by atoms with Crippen molar-refractivity contribution in [3.8, 4) is 0 Å². The summed E-state index contributed by atoms with van der Waals surface area (Å²) in [6.07, 6.45) is 9.82.